The van der Waals surface area contributed by atoms with Gasteiger partial charge in [0.05, 0.1) is 4.88 Å². The Kier molecular flexibility index (Phi) is 5.64. The molecule has 3 aromatic heterocycles. The Morgan fingerprint density at radius 1 is 1.00 bits per heavy atom. The minimum absolute atomic E-state index is 0.115. The molecule has 0 spiro atoms. The number of nitrogens with one attached hydrogen (secondary N) is 1. The van der Waals surface area contributed by atoms with Crippen LogP contribution in [-0.4, -0.2) is 21.7 Å². The molecule has 0 bridgehead atoms. The second-order valence-corrected chi connectivity index (χ2v) is 7.73. The number of anilines is 1. The van der Waals surface area contributed by atoms with Gasteiger partial charge >= 0.3 is 0 Å². The molecule has 1 N–H and O–H groups in total. The summed E-state index contributed by atoms with van der Waals surface area (Å²) in [4.78, 5) is 34.4. The zero-order valence-corrected chi connectivity index (χ0v) is 17.0. The second-order valence-electron chi connectivity index (χ2n) is 6.68. The molecule has 31 heavy (non-hydrogen) atoms. The van der Waals surface area contributed by atoms with Crippen molar-refractivity contribution in [3.05, 3.63) is 100 Å². The first-order valence-electron chi connectivity index (χ1n) is 9.21. The van der Waals surface area contributed by atoms with E-state index in [1.54, 1.807) is 24.4 Å². The van der Waals surface area contributed by atoms with Crippen molar-refractivity contribution in [1.29, 1.82) is 0 Å². The number of halogens is 2. The van der Waals surface area contributed by atoms with Crippen LogP contribution in [0.5, 0.6) is 0 Å². The highest BCUT2D eigenvalue weighted by atomic mass is 32.1. The van der Waals surface area contributed by atoms with Gasteiger partial charge in [-0.1, -0.05) is 6.07 Å². The van der Waals surface area contributed by atoms with E-state index in [2.05, 4.69) is 15.3 Å². The molecule has 0 radical (unpaired) electrons. The van der Waals surface area contributed by atoms with Crippen LogP contribution in [0.25, 0.3) is 10.4 Å². The minimum Gasteiger partial charge on any atom is -0.306 e. The molecule has 0 unspecified atom stereocenters. The molecule has 1 aromatic carbocycles. The van der Waals surface area contributed by atoms with Gasteiger partial charge in [-0.25, -0.2) is 13.8 Å². The van der Waals surface area contributed by atoms with Crippen LogP contribution in [0.4, 0.5) is 14.6 Å². The fraction of sp³-hybridized carbons (Fsp3) is 0.0435. The van der Waals surface area contributed by atoms with Gasteiger partial charge in [-0.2, -0.15) is 0 Å². The lowest BCUT2D eigenvalue weighted by Crippen LogP contribution is -2.16. The van der Waals surface area contributed by atoms with Crippen molar-refractivity contribution < 1.29 is 18.4 Å². The zero-order chi connectivity index (χ0) is 22.0. The summed E-state index contributed by atoms with van der Waals surface area (Å²) in [5.74, 6) is -2.79. The van der Waals surface area contributed by atoms with Crippen molar-refractivity contribution in [1.82, 2.24) is 9.97 Å². The van der Waals surface area contributed by atoms with Gasteiger partial charge < -0.3 is 5.32 Å². The minimum atomic E-state index is -0.950. The summed E-state index contributed by atoms with van der Waals surface area (Å²) in [5.41, 5.74) is 1.50. The number of benzene rings is 1. The molecule has 0 atom stereocenters. The summed E-state index contributed by atoms with van der Waals surface area (Å²) in [7, 11) is 0. The lowest BCUT2D eigenvalue weighted by atomic mass is 10.1. The lowest BCUT2D eigenvalue weighted by molar-refractivity contribution is 0.101. The van der Waals surface area contributed by atoms with E-state index in [4.69, 9.17) is 0 Å². The number of hydrogen-bond donors (Lipinski definition) is 1. The van der Waals surface area contributed by atoms with Crippen LogP contribution in [0, 0.1) is 18.6 Å². The molecule has 0 saturated carbocycles. The van der Waals surface area contributed by atoms with Gasteiger partial charge in [0.1, 0.15) is 23.0 Å². The number of rotatable bonds is 5. The number of carbonyl (C=O) groups is 2. The number of pyridine rings is 2. The first-order chi connectivity index (χ1) is 14.9. The van der Waals surface area contributed by atoms with E-state index in [1.165, 1.54) is 35.9 Å². The van der Waals surface area contributed by atoms with Crippen LogP contribution in [0.3, 0.4) is 0 Å². The van der Waals surface area contributed by atoms with Crippen molar-refractivity contribution in [2.75, 3.05) is 5.32 Å². The summed E-state index contributed by atoms with van der Waals surface area (Å²) in [6.07, 6.45) is 4.66. The molecular formula is C23H15F2N3O2S. The summed E-state index contributed by atoms with van der Waals surface area (Å²) in [5, 5.41) is 2.39. The van der Waals surface area contributed by atoms with E-state index in [0.717, 1.165) is 28.1 Å². The molecule has 1 amide bonds. The molecule has 5 nitrogen and oxygen atoms in total. The van der Waals surface area contributed by atoms with E-state index in [1.807, 2.05) is 13.0 Å². The molecule has 0 fully saturated rings. The van der Waals surface area contributed by atoms with Gasteiger partial charge in [0.25, 0.3) is 5.91 Å². The van der Waals surface area contributed by atoms with Crippen LogP contribution < -0.4 is 5.32 Å². The topological polar surface area (TPSA) is 72.0 Å². The molecular weight excluding hydrogens is 420 g/mol. The van der Waals surface area contributed by atoms with Crippen molar-refractivity contribution >= 4 is 28.8 Å². The molecule has 8 heteroatoms. The highest BCUT2D eigenvalue weighted by molar-refractivity contribution is 7.17. The molecule has 3 heterocycles. The molecule has 4 aromatic rings. The monoisotopic (exact) mass is 435 g/mol. The third kappa shape index (κ3) is 4.24. The normalized spacial score (nSPS) is 10.7. The SMILES string of the molecule is Cc1cc(C(=O)c2cccnc2)sc1-c1ccc(NC(=O)c2c(F)cccc2F)nc1. The number of amides is 1. The maximum Gasteiger partial charge on any atom is 0.262 e. The fourth-order valence-electron chi connectivity index (χ4n) is 3.02. The van der Waals surface area contributed by atoms with Crippen LogP contribution in [0.15, 0.2) is 67.1 Å². The summed E-state index contributed by atoms with van der Waals surface area (Å²) < 4.78 is 27.5. The van der Waals surface area contributed by atoms with Crippen molar-refractivity contribution in [3.8, 4) is 10.4 Å². The van der Waals surface area contributed by atoms with Gasteiger partial charge in [0.2, 0.25) is 5.78 Å². The predicted molar refractivity (Wildman–Crippen MR) is 114 cm³/mol. The largest absolute Gasteiger partial charge is 0.306 e. The highest BCUT2D eigenvalue weighted by Gasteiger charge is 2.18. The fourth-order valence-corrected chi connectivity index (χ4v) is 4.14. The molecule has 0 aliphatic rings. The zero-order valence-electron chi connectivity index (χ0n) is 16.2. The Balaban J connectivity index is 1.54. The van der Waals surface area contributed by atoms with E-state index >= 15 is 0 Å². The molecule has 4 rings (SSSR count). The number of hydrogen-bond acceptors (Lipinski definition) is 5. The predicted octanol–water partition coefficient (Wildman–Crippen LogP) is 5.28. The highest BCUT2D eigenvalue weighted by Crippen LogP contribution is 2.33. The van der Waals surface area contributed by atoms with E-state index in [0.29, 0.717) is 10.4 Å². The van der Waals surface area contributed by atoms with Crippen molar-refractivity contribution in [3.63, 3.8) is 0 Å². The number of carbonyl (C=O) groups excluding carboxylic acids is 2. The Bertz CT molecular complexity index is 1250. The second kappa shape index (κ2) is 8.53. The first-order valence-corrected chi connectivity index (χ1v) is 10.0. The van der Waals surface area contributed by atoms with E-state index < -0.39 is 23.1 Å². The third-order valence-electron chi connectivity index (χ3n) is 4.52. The van der Waals surface area contributed by atoms with Gasteiger partial charge in [-0.15, -0.1) is 11.3 Å². The number of aryl methyl sites for hydroxylation is 1. The first kappa shape index (κ1) is 20.5. The lowest BCUT2D eigenvalue weighted by Gasteiger charge is -2.07. The quantitative estimate of drug-likeness (QED) is 0.433. The van der Waals surface area contributed by atoms with Gasteiger partial charge in [0.15, 0.2) is 0 Å². The average molecular weight is 435 g/mol. The Hall–Kier alpha value is -3.78. The Labute approximate surface area is 180 Å². The maximum absolute atomic E-state index is 13.8. The van der Waals surface area contributed by atoms with Crippen LogP contribution in [-0.2, 0) is 0 Å². The van der Waals surface area contributed by atoms with Gasteiger partial charge in [-0.05, 0) is 55.0 Å². The average Bonchev–Trinajstić information content (AvgIpc) is 3.16. The van der Waals surface area contributed by atoms with Crippen molar-refractivity contribution in [2.45, 2.75) is 6.92 Å². The number of thiophene rings is 1. The van der Waals surface area contributed by atoms with Gasteiger partial charge in [0, 0.05) is 34.6 Å². The van der Waals surface area contributed by atoms with Crippen molar-refractivity contribution in [2.24, 2.45) is 0 Å². The summed E-state index contributed by atoms with van der Waals surface area (Å²) in [6.45, 7) is 1.89. The number of nitrogens with zero attached hydrogens (tertiary/aromatic N) is 2. The van der Waals surface area contributed by atoms with E-state index in [9.17, 15) is 18.4 Å². The smallest absolute Gasteiger partial charge is 0.262 e. The van der Waals surface area contributed by atoms with E-state index in [-0.39, 0.29) is 11.6 Å². The number of ketones is 1. The Morgan fingerprint density at radius 3 is 2.42 bits per heavy atom. The van der Waals surface area contributed by atoms with Crippen LogP contribution >= 0.6 is 11.3 Å². The third-order valence-corrected chi connectivity index (χ3v) is 5.81. The van der Waals surface area contributed by atoms with Crippen LogP contribution in [0.2, 0.25) is 0 Å². The van der Waals surface area contributed by atoms with Crippen LogP contribution in [0.1, 0.15) is 31.2 Å². The molecule has 0 aliphatic carbocycles. The molecule has 0 aliphatic heterocycles. The standard InChI is InChI=1S/C23H15F2N3O2S/c1-13-10-18(21(29)14-4-3-9-26-11-14)31-22(13)15-7-8-19(27-12-15)28-23(30)20-16(24)5-2-6-17(20)25/h2-12H,1H3,(H,27,28,30). The molecule has 0 saturated heterocycles. The maximum atomic E-state index is 13.8. The molecule has 154 valence electrons. The van der Waals surface area contributed by atoms with Gasteiger partial charge in [-0.3, -0.25) is 14.6 Å². The summed E-state index contributed by atoms with van der Waals surface area (Å²) in [6, 6.07) is 11.7. The number of aromatic nitrogens is 2. The summed E-state index contributed by atoms with van der Waals surface area (Å²) >= 11 is 1.33. The Morgan fingerprint density at radius 2 is 1.77 bits per heavy atom.